The van der Waals surface area contributed by atoms with E-state index in [-0.39, 0.29) is 29.4 Å². The lowest BCUT2D eigenvalue weighted by molar-refractivity contribution is -0.141. The highest BCUT2D eigenvalue weighted by Gasteiger charge is 2.36. The number of benzene rings is 1. The summed E-state index contributed by atoms with van der Waals surface area (Å²) in [5.74, 6) is -0.648. The summed E-state index contributed by atoms with van der Waals surface area (Å²) in [7, 11) is 0. The molecule has 5 heteroatoms. The molecule has 3 rings (SSSR count). The molecule has 0 saturated carbocycles. The molecule has 1 fully saturated rings. The maximum absolute atomic E-state index is 12.9. The predicted molar refractivity (Wildman–Crippen MR) is 101 cm³/mol. The number of carbonyl (C=O) groups excluding carboxylic acids is 3. The number of piperidine rings is 1. The monoisotopic (exact) mass is 354 g/mol. The molecule has 5 nitrogen and oxygen atoms in total. The van der Waals surface area contributed by atoms with Gasteiger partial charge >= 0.3 is 0 Å². The smallest absolute Gasteiger partial charge is 0.228 e. The van der Waals surface area contributed by atoms with Crippen molar-refractivity contribution in [1.82, 2.24) is 4.90 Å². The molecular weight excluding hydrogens is 328 g/mol. The van der Waals surface area contributed by atoms with E-state index >= 15 is 0 Å². The molecule has 1 aromatic carbocycles. The summed E-state index contributed by atoms with van der Waals surface area (Å²) in [5, 5.41) is 2.91. The summed E-state index contributed by atoms with van der Waals surface area (Å²) in [6.07, 6.45) is 8.48. The molecule has 1 aromatic rings. The topological polar surface area (TPSA) is 66.5 Å². The van der Waals surface area contributed by atoms with E-state index in [1.54, 1.807) is 24.3 Å². The number of hydrogen-bond donors (Lipinski definition) is 1. The fourth-order valence-corrected chi connectivity index (χ4v) is 3.75. The van der Waals surface area contributed by atoms with Crippen LogP contribution in [-0.4, -0.2) is 35.6 Å². The highest BCUT2D eigenvalue weighted by Crippen LogP contribution is 2.29. The highest BCUT2D eigenvalue weighted by atomic mass is 16.2. The Morgan fingerprint density at radius 2 is 1.54 bits per heavy atom. The molecule has 1 heterocycles. The van der Waals surface area contributed by atoms with Crippen LogP contribution >= 0.6 is 0 Å². The zero-order valence-corrected chi connectivity index (χ0v) is 15.2. The van der Waals surface area contributed by atoms with Crippen LogP contribution in [0, 0.1) is 11.8 Å². The first-order valence-electron chi connectivity index (χ1n) is 9.42. The van der Waals surface area contributed by atoms with Crippen molar-refractivity contribution in [2.24, 2.45) is 11.8 Å². The molecule has 0 bridgehead atoms. The molecule has 1 N–H and O–H groups in total. The van der Waals surface area contributed by atoms with Gasteiger partial charge in [0, 0.05) is 24.3 Å². The van der Waals surface area contributed by atoms with Gasteiger partial charge in [-0.05, 0) is 63.3 Å². The lowest BCUT2D eigenvalue weighted by Crippen LogP contribution is -2.45. The van der Waals surface area contributed by atoms with Crippen LogP contribution < -0.4 is 5.32 Å². The van der Waals surface area contributed by atoms with E-state index in [0.29, 0.717) is 24.1 Å². The Hall–Kier alpha value is -2.43. The summed E-state index contributed by atoms with van der Waals surface area (Å²) in [4.78, 5) is 39.0. The van der Waals surface area contributed by atoms with Gasteiger partial charge in [0.25, 0.3) is 0 Å². The first-order chi connectivity index (χ1) is 12.6. The predicted octanol–water partition coefficient (Wildman–Crippen LogP) is 3.42. The van der Waals surface area contributed by atoms with Crippen LogP contribution in [0.3, 0.4) is 0 Å². The highest BCUT2D eigenvalue weighted by molar-refractivity contribution is 5.98. The van der Waals surface area contributed by atoms with Crippen molar-refractivity contribution in [1.29, 1.82) is 0 Å². The SMILES string of the molecule is CC(=O)c1ccc(NC(=O)C2CC=CCC2C(=O)N2CCCCC2)cc1. The largest absolute Gasteiger partial charge is 0.342 e. The Labute approximate surface area is 154 Å². The number of nitrogens with zero attached hydrogens (tertiary/aromatic N) is 1. The molecule has 138 valence electrons. The Bertz CT molecular complexity index is 702. The average Bonchev–Trinajstić information content (AvgIpc) is 2.68. The Kier molecular flexibility index (Phi) is 5.86. The van der Waals surface area contributed by atoms with Gasteiger partial charge in [-0.25, -0.2) is 0 Å². The maximum Gasteiger partial charge on any atom is 0.228 e. The molecule has 2 atom stereocenters. The molecule has 0 aromatic heterocycles. The second-order valence-corrected chi connectivity index (χ2v) is 7.16. The third-order valence-electron chi connectivity index (χ3n) is 5.31. The van der Waals surface area contributed by atoms with Crippen LogP contribution in [0.2, 0.25) is 0 Å². The number of allylic oxidation sites excluding steroid dienone is 2. The van der Waals surface area contributed by atoms with Gasteiger partial charge in [-0.3, -0.25) is 14.4 Å². The number of amides is 2. The molecule has 2 unspecified atom stereocenters. The number of Topliss-reactive ketones (excluding diaryl/α,β-unsaturated/α-hetero) is 1. The first kappa shape index (κ1) is 18.4. The normalized spacial score (nSPS) is 22.7. The molecular formula is C21H26N2O3. The van der Waals surface area contributed by atoms with Crippen LogP contribution in [0.25, 0.3) is 0 Å². The number of likely N-dealkylation sites (tertiary alicyclic amines) is 1. The van der Waals surface area contributed by atoms with Gasteiger partial charge < -0.3 is 10.2 Å². The Morgan fingerprint density at radius 1 is 0.923 bits per heavy atom. The molecule has 2 amide bonds. The molecule has 2 aliphatic rings. The number of hydrogen-bond acceptors (Lipinski definition) is 3. The second-order valence-electron chi connectivity index (χ2n) is 7.16. The maximum atomic E-state index is 12.9. The molecule has 1 aliphatic carbocycles. The van der Waals surface area contributed by atoms with E-state index in [9.17, 15) is 14.4 Å². The van der Waals surface area contributed by atoms with E-state index in [4.69, 9.17) is 0 Å². The van der Waals surface area contributed by atoms with Gasteiger partial charge in [-0.1, -0.05) is 12.2 Å². The van der Waals surface area contributed by atoms with E-state index < -0.39 is 0 Å². The number of rotatable bonds is 4. The molecule has 26 heavy (non-hydrogen) atoms. The van der Waals surface area contributed by atoms with Crippen molar-refractivity contribution in [3.8, 4) is 0 Å². The molecule has 1 aliphatic heterocycles. The quantitative estimate of drug-likeness (QED) is 0.665. The van der Waals surface area contributed by atoms with E-state index in [1.807, 2.05) is 17.1 Å². The van der Waals surface area contributed by atoms with Crippen molar-refractivity contribution >= 4 is 23.3 Å². The van der Waals surface area contributed by atoms with Crippen molar-refractivity contribution in [2.75, 3.05) is 18.4 Å². The summed E-state index contributed by atoms with van der Waals surface area (Å²) < 4.78 is 0. The summed E-state index contributed by atoms with van der Waals surface area (Å²) in [6.45, 7) is 3.12. The number of anilines is 1. The van der Waals surface area contributed by atoms with Gasteiger partial charge in [0.15, 0.2) is 5.78 Å². The lowest BCUT2D eigenvalue weighted by Gasteiger charge is -2.34. The zero-order chi connectivity index (χ0) is 18.5. The van der Waals surface area contributed by atoms with Crippen molar-refractivity contribution in [3.05, 3.63) is 42.0 Å². The van der Waals surface area contributed by atoms with Gasteiger partial charge in [-0.15, -0.1) is 0 Å². The van der Waals surface area contributed by atoms with Gasteiger partial charge in [0.05, 0.1) is 11.8 Å². The molecule has 0 radical (unpaired) electrons. The van der Waals surface area contributed by atoms with E-state index in [1.165, 1.54) is 13.3 Å². The Balaban J connectivity index is 1.68. The van der Waals surface area contributed by atoms with Crippen molar-refractivity contribution in [3.63, 3.8) is 0 Å². The third kappa shape index (κ3) is 4.21. The molecule has 0 spiro atoms. The fraction of sp³-hybridized carbons (Fsp3) is 0.476. The fourth-order valence-electron chi connectivity index (χ4n) is 3.75. The van der Waals surface area contributed by atoms with E-state index in [0.717, 1.165) is 25.9 Å². The first-order valence-corrected chi connectivity index (χ1v) is 9.42. The van der Waals surface area contributed by atoms with Gasteiger partial charge in [0.1, 0.15) is 0 Å². The van der Waals surface area contributed by atoms with Crippen LogP contribution in [-0.2, 0) is 9.59 Å². The minimum absolute atomic E-state index is 0.00696. The standard InChI is InChI=1S/C21H26N2O3/c1-15(24)16-9-11-17(12-10-16)22-20(25)18-7-3-4-8-19(18)21(26)23-13-5-2-6-14-23/h3-4,9-12,18-19H,2,5-8,13-14H2,1H3,(H,22,25). The van der Waals surface area contributed by atoms with Crippen molar-refractivity contribution in [2.45, 2.75) is 39.0 Å². The summed E-state index contributed by atoms with van der Waals surface area (Å²) >= 11 is 0. The average molecular weight is 354 g/mol. The number of ketones is 1. The number of carbonyl (C=O) groups is 3. The molecule has 1 saturated heterocycles. The summed E-state index contributed by atoms with van der Waals surface area (Å²) in [6, 6.07) is 6.87. The zero-order valence-electron chi connectivity index (χ0n) is 15.2. The minimum atomic E-state index is -0.345. The van der Waals surface area contributed by atoms with Crippen LogP contribution in [0.4, 0.5) is 5.69 Å². The third-order valence-corrected chi connectivity index (χ3v) is 5.31. The minimum Gasteiger partial charge on any atom is -0.342 e. The van der Waals surface area contributed by atoms with Crippen LogP contribution in [0.15, 0.2) is 36.4 Å². The Morgan fingerprint density at radius 3 is 2.15 bits per heavy atom. The summed E-state index contributed by atoms with van der Waals surface area (Å²) in [5.41, 5.74) is 1.26. The van der Waals surface area contributed by atoms with E-state index in [2.05, 4.69) is 5.32 Å². The second kappa shape index (κ2) is 8.30. The van der Waals surface area contributed by atoms with Crippen LogP contribution in [0.1, 0.15) is 49.4 Å². The lowest BCUT2D eigenvalue weighted by atomic mass is 9.81. The number of nitrogens with one attached hydrogen (secondary N) is 1. The van der Waals surface area contributed by atoms with Crippen molar-refractivity contribution < 1.29 is 14.4 Å². The van der Waals surface area contributed by atoms with Gasteiger partial charge in [-0.2, -0.15) is 0 Å². The van der Waals surface area contributed by atoms with Gasteiger partial charge in [0.2, 0.25) is 11.8 Å². The van der Waals surface area contributed by atoms with Crippen LogP contribution in [0.5, 0.6) is 0 Å².